The van der Waals surface area contributed by atoms with Gasteiger partial charge < -0.3 is 10.4 Å². The molecule has 0 saturated heterocycles. The first-order valence-corrected chi connectivity index (χ1v) is 8.03. The molecule has 1 aliphatic carbocycles. The molecule has 1 aromatic carbocycles. The first-order valence-electron chi connectivity index (χ1n) is 7.09. The molecule has 0 radical (unpaired) electrons. The molecular weight excluding hydrogens is 266 g/mol. The third kappa shape index (κ3) is 2.53. The van der Waals surface area contributed by atoms with Crippen LogP contribution in [0.25, 0.3) is 0 Å². The van der Waals surface area contributed by atoms with E-state index in [1.807, 2.05) is 16.8 Å². The van der Waals surface area contributed by atoms with E-state index in [0.29, 0.717) is 12.6 Å². The third-order valence-electron chi connectivity index (χ3n) is 4.24. The van der Waals surface area contributed by atoms with Crippen LogP contribution in [0.4, 0.5) is 0 Å². The highest BCUT2D eigenvalue weighted by Crippen LogP contribution is 2.45. The number of fused-ring (bicyclic) bond motifs is 1. The number of benzene rings is 1. The smallest absolute Gasteiger partial charge is 0.0922 e. The molecule has 0 spiro atoms. The topological polar surface area (TPSA) is 32.3 Å². The van der Waals surface area contributed by atoms with E-state index in [2.05, 4.69) is 43.4 Å². The van der Waals surface area contributed by atoms with Crippen molar-refractivity contribution in [1.82, 2.24) is 5.32 Å². The molecule has 2 aromatic rings. The minimum absolute atomic E-state index is 0.193. The van der Waals surface area contributed by atoms with Gasteiger partial charge in [0.1, 0.15) is 0 Å². The van der Waals surface area contributed by atoms with Crippen molar-refractivity contribution >= 4 is 11.3 Å². The molecule has 0 amide bonds. The molecule has 1 aromatic heterocycles. The minimum Gasteiger partial charge on any atom is -0.387 e. The van der Waals surface area contributed by atoms with Gasteiger partial charge in [0.15, 0.2) is 0 Å². The summed E-state index contributed by atoms with van der Waals surface area (Å²) in [6.45, 7) is 5.18. The molecule has 2 atom stereocenters. The van der Waals surface area contributed by atoms with Gasteiger partial charge in [-0.25, -0.2) is 0 Å². The molecule has 0 saturated carbocycles. The van der Waals surface area contributed by atoms with Crippen LogP contribution in [0, 0.1) is 5.41 Å². The van der Waals surface area contributed by atoms with E-state index in [4.69, 9.17) is 0 Å². The second-order valence-corrected chi connectivity index (χ2v) is 7.06. The molecule has 106 valence electrons. The molecule has 0 bridgehead atoms. The number of rotatable bonds is 4. The van der Waals surface area contributed by atoms with Gasteiger partial charge in [0.25, 0.3) is 0 Å². The van der Waals surface area contributed by atoms with Crippen LogP contribution in [-0.4, -0.2) is 11.7 Å². The Balaban J connectivity index is 1.73. The van der Waals surface area contributed by atoms with Gasteiger partial charge >= 0.3 is 0 Å². The van der Waals surface area contributed by atoms with E-state index in [0.717, 1.165) is 12.0 Å². The average molecular weight is 287 g/mol. The van der Waals surface area contributed by atoms with Crippen molar-refractivity contribution in [3.05, 3.63) is 57.8 Å². The summed E-state index contributed by atoms with van der Waals surface area (Å²) in [7, 11) is 0. The molecule has 1 aliphatic rings. The number of hydrogen-bond acceptors (Lipinski definition) is 3. The molecule has 2 N–H and O–H groups in total. The molecule has 0 fully saturated rings. The summed E-state index contributed by atoms with van der Waals surface area (Å²) in [5, 5.41) is 17.8. The maximum atomic E-state index is 10.2. The second kappa shape index (κ2) is 5.32. The van der Waals surface area contributed by atoms with Crippen LogP contribution < -0.4 is 5.32 Å². The predicted molar refractivity (Wildman–Crippen MR) is 83.9 cm³/mol. The SMILES string of the molecule is CC1(C)Cc2ccccc2C1NCC(O)c1ccsc1. The zero-order chi connectivity index (χ0) is 14.2. The summed E-state index contributed by atoms with van der Waals surface area (Å²) in [4.78, 5) is 0. The van der Waals surface area contributed by atoms with Gasteiger partial charge in [0, 0.05) is 12.6 Å². The van der Waals surface area contributed by atoms with E-state index in [1.54, 1.807) is 11.3 Å². The molecule has 20 heavy (non-hydrogen) atoms. The van der Waals surface area contributed by atoms with Gasteiger partial charge in [0.2, 0.25) is 0 Å². The van der Waals surface area contributed by atoms with Crippen LogP contribution >= 0.6 is 11.3 Å². The first-order chi connectivity index (χ1) is 9.58. The summed E-state index contributed by atoms with van der Waals surface area (Å²) in [6, 6.07) is 10.9. The Bertz CT molecular complexity index is 576. The van der Waals surface area contributed by atoms with Crippen molar-refractivity contribution in [2.75, 3.05) is 6.54 Å². The molecule has 2 nitrogen and oxygen atoms in total. The number of hydrogen-bond donors (Lipinski definition) is 2. The maximum Gasteiger partial charge on any atom is 0.0922 e. The molecular formula is C17H21NOS. The van der Waals surface area contributed by atoms with Gasteiger partial charge in [0.05, 0.1) is 6.10 Å². The van der Waals surface area contributed by atoms with Crippen LogP contribution in [0.5, 0.6) is 0 Å². The fourth-order valence-electron chi connectivity index (χ4n) is 3.19. The summed E-state index contributed by atoms with van der Waals surface area (Å²) >= 11 is 1.63. The van der Waals surface area contributed by atoms with E-state index in [9.17, 15) is 5.11 Å². The fraction of sp³-hybridized carbons (Fsp3) is 0.412. The lowest BCUT2D eigenvalue weighted by Crippen LogP contribution is -2.33. The molecule has 1 heterocycles. The average Bonchev–Trinajstić information content (AvgIpc) is 3.01. The number of aliphatic hydroxyl groups is 1. The number of nitrogens with one attached hydrogen (secondary N) is 1. The van der Waals surface area contributed by atoms with Gasteiger partial charge in [-0.05, 0) is 45.4 Å². The quantitative estimate of drug-likeness (QED) is 0.899. The van der Waals surface area contributed by atoms with Crippen LogP contribution in [0.1, 0.15) is 42.7 Å². The molecule has 3 rings (SSSR count). The van der Waals surface area contributed by atoms with Gasteiger partial charge in [-0.1, -0.05) is 38.1 Å². The van der Waals surface area contributed by atoms with Crippen LogP contribution in [0.3, 0.4) is 0 Å². The zero-order valence-corrected chi connectivity index (χ0v) is 12.8. The van der Waals surface area contributed by atoms with E-state index in [-0.39, 0.29) is 5.41 Å². The maximum absolute atomic E-state index is 10.2. The van der Waals surface area contributed by atoms with Crippen LogP contribution in [0.2, 0.25) is 0 Å². The normalized spacial score (nSPS) is 21.6. The Morgan fingerprint density at radius 2 is 2.15 bits per heavy atom. The van der Waals surface area contributed by atoms with Crippen LogP contribution in [0.15, 0.2) is 41.1 Å². The lowest BCUT2D eigenvalue weighted by Gasteiger charge is -2.29. The van der Waals surface area contributed by atoms with Crippen molar-refractivity contribution in [2.45, 2.75) is 32.4 Å². The highest BCUT2D eigenvalue weighted by molar-refractivity contribution is 7.07. The minimum atomic E-state index is -0.426. The number of thiophene rings is 1. The van der Waals surface area contributed by atoms with E-state index < -0.39 is 6.10 Å². The Labute approximate surface area is 124 Å². The molecule has 3 heteroatoms. The summed E-state index contributed by atoms with van der Waals surface area (Å²) in [6.07, 6.45) is 0.667. The first kappa shape index (κ1) is 13.8. The summed E-state index contributed by atoms with van der Waals surface area (Å²) in [5.74, 6) is 0. The molecule has 2 unspecified atom stereocenters. The Morgan fingerprint density at radius 1 is 1.35 bits per heavy atom. The Hall–Kier alpha value is -1.16. The van der Waals surface area contributed by atoms with E-state index >= 15 is 0 Å². The van der Waals surface area contributed by atoms with Crippen molar-refractivity contribution < 1.29 is 5.11 Å². The lowest BCUT2D eigenvalue weighted by molar-refractivity contribution is 0.155. The highest BCUT2D eigenvalue weighted by Gasteiger charge is 2.38. The monoisotopic (exact) mass is 287 g/mol. The van der Waals surface area contributed by atoms with Crippen molar-refractivity contribution in [3.63, 3.8) is 0 Å². The Kier molecular flexibility index (Phi) is 3.67. The van der Waals surface area contributed by atoms with Gasteiger partial charge in [-0.2, -0.15) is 11.3 Å². The van der Waals surface area contributed by atoms with E-state index in [1.165, 1.54) is 11.1 Å². The summed E-state index contributed by atoms with van der Waals surface area (Å²) in [5.41, 5.74) is 4.01. The standard InChI is InChI=1S/C17H21NOS/c1-17(2)9-12-5-3-4-6-14(12)16(17)18-10-15(19)13-7-8-20-11-13/h3-8,11,15-16,18-19H,9-10H2,1-2H3. The highest BCUT2D eigenvalue weighted by atomic mass is 32.1. The second-order valence-electron chi connectivity index (χ2n) is 6.28. The third-order valence-corrected chi connectivity index (χ3v) is 4.94. The van der Waals surface area contributed by atoms with Crippen molar-refractivity contribution in [1.29, 1.82) is 0 Å². The Morgan fingerprint density at radius 3 is 2.90 bits per heavy atom. The lowest BCUT2D eigenvalue weighted by atomic mass is 9.85. The summed E-state index contributed by atoms with van der Waals surface area (Å²) < 4.78 is 0. The predicted octanol–water partition coefficient (Wildman–Crippen LogP) is 3.69. The van der Waals surface area contributed by atoms with Crippen molar-refractivity contribution in [3.8, 4) is 0 Å². The number of aliphatic hydroxyl groups excluding tert-OH is 1. The van der Waals surface area contributed by atoms with Crippen LogP contribution in [-0.2, 0) is 6.42 Å². The van der Waals surface area contributed by atoms with Crippen molar-refractivity contribution in [2.24, 2.45) is 5.41 Å². The van der Waals surface area contributed by atoms with Gasteiger partial charge in [-0.15, -0.1) is 0 Å². The zero-order valence-electron chi connectivity index (χ0n) is 12.0. The van der Waals surface area contributed by atoms with Gasteiger partial charge in [-0.3, -0.25) is 0 Å². The largest absolute Gasteiger partial charge is 0.387 e. The fourth-order valence-corrected chi connectivity index (χ4v) is 3.90. The molecule has 0 aliphatic heterocycles.